The molecule has 3 N–H and O–H groups in total. The number of nitrogens with zero attached hydrogens (tertiary/aromatic N) is 2. The molecule has 5 heteroatoms. The Labute approximate surface area is 106 Å². The molecule has 18 heavy (non-hydrogen) atoms. The summed E-state index contributed by atoms with van der Waals surface area (Å²) < 4.78 is 15.4. The van der Waals surface area contributed by atoms with Crippen molar-refractivity contribution in [2.24, 2.45) is 7.05 Å². The molecule has 0 atom stereocenters. The van der Waals surface area contributed by atoms with Crippen LogP contribution in [0.3, 0.4) is 0 Å². The largest absolute Gasteiger partial charge is 0.394 e. The molecular weight excluding hydrogens is 231 g/mol. The zero-order chi connectivity index (χ0) is 13.3. The second-order valence-corrected chi connectivity index (χ2v) is 4.24. The van der Waals surface area contributed by atoms with Crippen LogP contribution in [-0.2, 0) is 13.5 Å². The first-order valence-electron chi connectivity index (χ1n) is 5.88. The van der Waals surface area contributed by atoms with Crippen LogP contribution in [0.4, 0.5) is 21.6 Å². The summed E-state index contributed by atoms with van der Waals surface area (Å²) in [5, 5.41) is 7.32. The van der Waals surface area contributed by atoms with E-state index in [1.54, 1.807) is 17.8 Å². The summed E-state index contributed by atoms with van der Waals surface area (Å²) >= 11 is 0. The lowest BCUT2D eigenvalue weighted by atomic mass is 10.2. The van der Waals surface area contributed by atoms with Crippen LogP contribution in [0, 0.1) is 12.7 Å². The van der Waals surface area contributed by atoms with E-state index in [9.17, 15) is 4.39 Å². The third-order valence-electron chi connectivity index (χ3n) is 2.96. The predicted molar refractivity (Wildman–Crippen MR) is 71.4 cm³/mol. The Morgan fingerprint density at radius 1 is 1.44 bits per heavy atom. The summed E-state index contributed by atoms with van der Waals surface area (Å²) in [4.78, 5) is 0. The summed E-state index contributed by atoms with van der Waals surface area (Å²) in [6.07, 6.45) is 0.748. The number of hydrogen-bond donors (Lipinski definition) is 2. The number of aryl methyl sites for hydroxylation is 3. The van der Waals surface area contributed by atoms with Gasteiger partial charge >= 0.3 is 0 Å². The number of para-hydroxylation sites is 1. The number of nitrogens with two attached hydrogens (primary N) is 1. The Kier molecular flexibility index (Phi) is 3.23. The molecule has 4 nitrogen and oxygen atoms in total. The molecule has 0 aliphatic heterocycles. The van der Waals surface area contributed by atoms with Gasteiger partial charge in [0.25, 0.3) is 0 Å². The molecular formula is C13H17FN4. The summed E-state index contributed by atoms with van der Waals surface area (Å²) in [5.41, 5.74) is 8.65. The van der Waals surface area contributed by atoms with Crippen LogP contribution >= 0.6 is 0 Å². The van der Waals surface area contributed by atoms with Gasteiger partial charge in [-0.2, -0.15) is 5.10 Å². The van der Waals surface area contributed by atoms with Gasteiger partial charge in [-0.25, -0.2) is 4.39 Å². The van der Waals surface area contributed by atoms with E-state index in [2.05, 4.69) is 10.4 Å². The Morgan fingerprint density at radius 3 is 2.72 bits per heavy atom. The SMILES string of the molecule is CCc1nn(C)c(Nc2c(C)cccc2F)c1N. The predicted octanol–water partition coefficient (Wildman–Crippen LogP) is 2.76. The topological polar surface area (TPSA) is 55.9 Å². The van der Waals surface area contributed by atoms with Crippen molar-refractivity contribution >= 4 is 17.2 Å². The average molecular weight is 248 g/mol. The lowest BCUT2D eigenvalue weighted by molar-refractivity contribution is 0.630. The van der Waals surface area contributed by atoms with Crippen molar-refractivity contribution in [3.8, 4) is 0 Å². The highest BCUT2D eigenvalue weighted by Gasteiger charge is 2.14. The summed E-state index contributed by atoms with van der Waals surface area (Å²) in [5.74, 6) is 0.327. The molecule has 0 aliphatic rings. The number of hydrogen-bond acceptors (Lipinski definition) is 3. The maximum absolute atomic E-state index is 13.8. The number of rotatable bonds is 3. The number of benzene rings is 1. The van der Waals surface area contributed by atoms with E-state index in [1.807, 2.05) is 19.9 Å². The first-order valence-corrected chi connectivity index (χ1v) is 5.88. The number of anilines is 3. The molecule has 0 bridgehead atoms. The molecule has 2 rings (SSSR count). The van der Waals surface area contributed by atoms with Crippen LogP contribution in [-0.4, -0.2) is 9.78 Å². The molecule has 0 unspecified atom stereocenters. The van der Waals surface area contributed by atoms with Gasteiger partial charge < -0.3 is 11.1 Å². The maximum Gasteiger partial charge on any atom is 0.152 e. The smallest absolute Gasteiger partial charge is 0.152 e. The molecule has 0 saturated heterocycles. The van der Waals surface area contributed by atoms with E-state index in [4.69, 9.17) is 5.73 Å². The number of nitrogen functional groups attached to an aromatic ring is 1. The van der Waals surface area contributed by atoms with Crippen molar-refractivity contribution in [3.63, 3.8) is 0 Å². The highest BCUT2D eigenvalue weighted by Crippen LogP contribution is 2.29. The van der Waals surface area contributed by atoms with Crippen LogP contribution in [0.2, 0.25) is 0 Å². The number of halogens is 1. The minimum absolute atomic E-state index is 0.298. The fourth-order valence-electron chi connectivity index (χ4n) is 1.91. The summed E-state index contributed by atoms with van der Waals surface area (Å²) in [6.45, 7) is 3.83. The van der Waals surface area contributed by atoms with Crippen LogP contribution < -0.4 is 11.1 Å². The van der Waals surface area contributed by atoms with Crippen molar-refractivity contribution in [2.45, 2.75) is 20.3 Å². The molecule has 0 saturated carbocycles. The van der Waals surface area contributed by atoms with E-state index in [1.165, 1.54) is 6.07 Å². The zero-order valence-electron chi connectivity index (χ0n) is 10.8. The average Bonchev–Trinajstić information content (AvgIpc) is 2.60. The Bertz CT molecular complexity index is 554. The number of aromatic nitrogens is 2. The lowest BCUT2D eigenvalue weighted by Crippen LogP contribution is -2.04. The van der Waals surface area contributed by atoms with Gasteiger partial charge in [0.15, 0.2) is 5.82 Å². The van der Waals surface area contributed by atoms with Gasteiger partial charge in [-0.15, -0.1) is 0 Å². The molecule has 2 aromatic rings. The molecule has 0 aliphatic carbocycles. The monoisotopic (exact) mass is 248 g/mol. The molecule has 1 aromatic heterocycles. The first kappa shape index (κ1) is 12.4. The first-order chi connectivity index (χ1) is 8.54. The van der Waals surface area contributed by atoms with Gasteiger partial charge in [-0.1, -0.05) is 19.1 Å². The van der Waals surface area contributed by atoms with Crippen LogP contribution in [0.25, 0.3) is 0 Å². The van der Waals surface area contributed by atoms with E-state index in [0.29, 0.717) is 17.2 Å². The zero-order valence-corrected chi connectivity index (χ0v) is 10.8. The third kappa shape index (κ3) is 2.03. The molecule has 0 amide bonds. The van der Waals surface area contributed by atoms with E-state index >= 15 is 0 Å². The summed E-state index contributed by atoms with van der Waals surface area (Å²) in [7, 11) is 1.79. The van der Waals surface area contributed by atoms with Gasteiger partial charge in [-0.05, 0) is 25.0 Å². The minimum Gasteiger partial charge on any atom is -0.394 e. The van der Waals surface area contributed by atoms with E-state index < -0.39 is 0 Å². The van der Waals surface area contributed by atoms with Gasteiger partial charge in [0.2, 0.25) is 0 Å². The molecule has 0 spiro atoms. The van der Waals surface area contributed by atoms with Crippen molar-refractivity contribution in [1.29, 1.82) is 0 Å². The summed E-state index contributed by atoms with van der Waals surface area (Å²) in [6, 6.07) is 4.95. The third-order valence-corrected chi connectivity index (χ3v) is 2.96. The van der Waals surface area contributed by atoms with Crippen LogP contribution in [0.5, 0.6) is 0 Å². The van der Waals surface area contributed by atoms with Crippen molar-refractivity contribution in [3.05, 3.63) is 35.3 Å². The molecule has 96 valence electrons. The van der Waals surface area contributed by atoms with Crippen molar-refractivity contribution in [2.75, 3.05) is 11.1 Å². The quantitative estimate of drug-likeness (QED) is 0.878. The normalized spacial score (nSPS) is 10.7. The van der Waals surface area contributed by atoms with Gasteiger partial charge in [-0.3, -0.25) is 4.68 Å². The van der Waals surface area contributed by atoms with Crippen molar-refractivity contribution in [1.82, 2.24) is 9.78 Å². The van der Waals surface area contributed by atoms with Crippen LogP contribution in [0.1, 0.15) is 18.2 Å². The standard InChI is InChI=1S/C13H17FN4/c1-4-10-11(15)13(18(3)17-10)16-12-8(2)6-5-7-9(12)14/h5-7,16H,4,15H2,1-3H3. The minimum atomic E-state index is -0.298. The highest BCUT2D eigenvalue weighted by atomic mass is 19.1. The van der Waals surface area contributed by atoms with Gasteiger partial charge in [0, 0.05) is 7.05 Å². The Hall–Kier alpha value is -2.04. The molecule has 1 aromatic carbocycles. The lowest BCUT2D eigenvalue weighted by Gasteiger charge is -2.11. The van der Waals surface area contributed by atoms with Gasteiger partial charge in [0.1, 0.15) is 5.82 Å². The van der Waals surface area contributed by atoms with E-state index in [-0.39, 0.29) is 5.82 Å². The maximum atomic E-state index is 13.8. The Morgan fingerprint density at radius 2 is 2.17 bits per heavy atom. The molecule has 0 radical (unpaired) electrons. The molecule has 1 heterocycles. The highest BCUT2D eigenvalue weighted by molar-refractivity contribution is 5.72. The van der Waals surface area contributed by atoms with Crippen molar-refractivity contribution < 1.29 is 4.39 Å². The Balaban J connectivity index is 2.43. The van der Waals surface area contributed by atoms with Crippen LogP contribution in [0.15, 0.2) is 18.2 Å². The number of nitrogens with one attached hydrogen (secondary N) is 1. The second-order valence-electron chi connectivity index (χ2n) is 4.24. The fraction of sp³-hybridized carbons (Fsp3) is 0.308. The van der Waals surface area contributed by atoms with Gasteiger partial charge in [0.05, 0.1) is 17.1 Å². The fourth-order valence-corrected chi connectivity index (χ4v) is 1.91. The second kappa shape index (κ2) is 4.68. The molecule has 0 fully saturated rings. The van der Waals surface area contributed by atoms with E-state index in [0.717, 1.165) is 17.7 Å².